The molecule has 0 aliphatic heterocycles. The molecule has 2 heterocycles. The molecule has 0 aliphatic rings. The second kappa shape index (κ2) is 8.71. The predicted molar refractivity (Wildman–Crippen MR) is 107 cm³/mol. The van der Waals surface area contributed by atoms with Gasteiger partial charge in [0.05, 0.1) is 12.8 Å². The summed E-state index contributed by atoms with van der Waals surface area (Å²) in [6, 6.07) is 12.0. The zero-order valence-corrected chi connectivity index (χ0v) is 16.2. The fraction of sp³-hybridized carbons (Fsp3) is 0.364. The Bertz CT molecular complexity index is 917. The van der Waals surface area contributed by atoms with Gasteiger partial charge in [-0.15, -0.1) is 0 Å². The Hall–Kier alpha value is -2.82. The molecule has 0 saturated carbocycles. The number of carbonyl (C=O) groups excluding carboxylic acids is 1. The van der Waals surface area contributed by atoms with Crippen LogP contribution in [-0.2, 0) is 4.79 Å². The van der Waals surface area contributed by atoms with E-state index in [0.717, 1.165) is 41.1 Å². The summed E-state index contributed by atoms with van der Waals surface area (Å²) in [6.45, 7) is 4.88. The molecule has 142 valence electrons. The Kier molecular flexibility index (Phi) is 6.12. The molecule has 0 aliphatic carbocycles. The normalized spacial score (nSPS) is 12.1. The van der Waals surface area contributed by atoms with Crippen LogP contribution in [0.4, 0.5) is 0 Å². The van der Waals surface area contributed by atoms with E-state index in [9.17, 15) is 4.79 Å². The zero-order valence-electron chi connectivity index (χ0n) is 16.2. The molecule has 0 unspecified atom stereocenters. The van der Waals surface area contributed by atoms with Crippen LogP contribution >= 0.6 is 0 Å². The number of rotatable bonds is 8. The van der Waals surface area contributed by atoms with Gasteiger partial charge in [0.1, 0.15) is 11.4 Å². The Morgan fingerprint density at radius 1 is 1.30 bits per heavy atom. The molecule has 1 aromatic carbocycles. The number of benzene rings is 1. The molecule has 0 saturated heterocycles. The van der Waals surface area contributed by atoms with Crippen molar-refractivity contribution in [3.8, 4) is 5.75 Å². The molecule has 1 N–H and O–H groups in total. The van der Waals surface area contributed by atoms with E-state index in [1.54, 1.807) is 7.11 Å². The fourth-order valence-corrected chi connectivity index (χ4v) is 3.34. The highest BCUT2D eigenvalue weighted by Crippen LogP contribution is 2.31. The largest absolute Gasteiger partial charge is 0.497 e. The molecule has 27 heavy (non-hydrogen) atoms. The number of hydrogen-bond donors (Lipinski definition) is 1. The van der Waals surface area contributed by atoms with Gasteiger partial charge in [-0.2, -0.15) is 0 Å². The topological polar surface area (TPSA) is 55.6 Å². The van der Waals surface area contributed by atoms with Gasteiger partial charge in [-0.1, -0.05) is 31.5 Å². The van der Waals surface area contributed by atoms with Crippen molar-refractivity contribution >= 4 is 11.6 Å². The number of fused-ring (bicyclic) bond motifs is 1. The van der Waals surface area contributed by atoms with Crippen molar-refractivity contribution in [3.63, 3.8) is 0 Å². The summed E-state index contributed by atoms with van der Waals surface area (Å²) in [4.78, 5) is 17.2. The lowest BCUT2D eigenvalue weighted by molar-refractivity contribution is -0.121. The minimum absolute atomic E-state index is 0.0545. The third kappa shape index (κ3) is 4.30. The quantitative estimate of drug-likeness (QED) is 0.612. The number of aryl methyl sites for hydroxylation is 1. The van der Waals surface area contributed by atoms with Crippen LogP contribution in [0.25, 0.3) is 5.65 Å². The first-order chi connectivity index (χ1) is 13.1. The molecular formula is C22H27N3O2. The maximum atomic E-state index is 12.6. The summed E-state index contributed by atoms with van der Waals surface area (Å²) in [5, 5.41) is 3.03. The summed E-state index contributed by atoms with van der Waals surface area (Å²) in [5.41, 5.74) is 4.09. The van der Waals surface area contributed by atoms with Crippen molar-refractivity contribution in [1.82, 2.24) is 14.7 Å². The molecule has 5 heteroatoms. The molecular weight excluding hydrogens is 338 g/mol. The van der Waals surface area contributed by atoms with Gasteiger partial charge < -0.3 is 14.5 Å². The number of pyridine rings is 1. The first-order valence-corrected chi connectivity index (χ1v) is 9.47. The zero-order chi connectivity index (χ0) is 19.2. The first kappa shape index (κ1) is 19.0. The number of nitrogens with one attached hydrogen (secondary N) is 1. The number of imidazole rings is 1. The molecule has 3 aromatic rings. The van der Waals surface area contributed by atoms with Crippen molar-refractivity contribution in [3.05, 3.63) is 65.6 Å². The Labute approximate surface area is 160 Å². The van der Waals surface area contributed by atoms with Crippen molar-refractivity contribution < 1.29 is 9.53 Å². The van der Waals surface area contributed by atoms with Gasteiger partial charge >= 0.3 is 0 Å². The van der Waals surface area contributed by atoms with Crippen LogP contribution in [0.2, 0.25) is 0 Å². The number of aromatic nitrogens is 2. The van der Waals surface area contributed by atoms with E-state index in [2.05, 4.69) is 21.6 Å². The van der Waals surface area contributed by atoms with E-state index < -0.39 is 0 Å². The molecule has 0 fully saturated rings. The number of unbranched alkanes of at least 4 members (excludes halogenated alkanes) is 1. The third-order valence-corrected chi connectivity index (χ3v) is 4.85. The average Bonchev–Trinajstić information content (AvgIpc) is 3.11. The predicted octanol–water partition coefficient (Wildman–Crippen LogP) is 4.09. The molecule has 3 rings (SSSR count). The van der Waals surface area contributed by atoms with Crippen molar-refractivity contribution in [2.45, 2.75) is 39.0 Å². The maximum Gasteiger partial charge on any atom is 0.221 e. The monoisotopic (exact) mass is 365 g/mol. The second-order valence-electron chi connectivity index (χ2n) is 6.80. The molecule has 1 amide bonds. The van der Waals surface area contributed by atoms with Crippen molar-refractivity contribution in [1.29, 1.82) is 0 Å². The van der Waals surface area contributed by atoms with Crippen LogP contribution in [0.1, 0.15) is 48.9 Å². The standard InChI is InChI=1S/C22H27N3O2/c1-4-5-11-23-21(26)14-19(17-9-6-10-18(13-17)27-3)20-15-24-22-16(2)8-7-12-25(20)22/h6-10,12-13,15,19H,4-5,11,14H2,1-3H3,(H,23,26)/t19-/m1/s1. The second-order valence-corrected chi connectivity index (χ2v) is 6.80. The van der Waals surface area contributed by atoms with Gasteiger partial charge in [-0.25, -0.2) is 4.98 Å². The minimum Gasteiger partial charge on any atom is -0.497 e. The summed E-state index contributed by atoms with van der Waals surface area (Å²) < 4.78 is 7.47. The molecule has 0 bridgehead atoms. The third-order valence-electron chi connectivity index (χ3n) is 4.85. The van der Waals surface area contributed by atoms with Crippen LogP contribution in [0.15, 0.2) is 48.8 Å². The minimum atomic E-state index is -0.0986. The summed E-state index contributed by atoms with van der Waals surface area (Å²) in [6.07, 6.45) is 6.31. The van der Waals surface area contributed by atoms with Crippen molar-refractivity contribution in [2.24, 2.45) is 0 Å². The van der Waals surface area contributed by atoms with Gasteiger partial charge in [-0.05, 0) is 42.7 Å². The number of carbonyl (C=O) groups is 1. The van der Waals surface area contributed by atoms with Crippen LogP contribution in [0, 0.1) is 6.92 Å². The number of hydrogen-bond acceptors (Lipinski definition) is 3. The van der Waals surface area contributed by atoms with Crippen LogP contribution in [0.5, 0.6) is 5.75 Å². The molecule has 5 nitrogen and oxygen atoms in total. The van der Waals surface area contributed by atoms with E-state index in [1.807, 2.05) is 55.7 Å². The highest BCUT2D eigenvalue weighted by molar-refractivity contribution is 5.77. The Balaban J connectivity index is 1.98. The van der Waals surface area contributed by atoms with E-state index in [1.165, 1.54) is 0 Å². The van der Waals surface area contributed by atoms with Gasteiger partial charge in [-0.3, -0.25) is 4.79 Å². The van der Waals surface area contributed by atoms with Gasteiger partial charge in [0.2, 0.25) is 5.91 Å². The number of ether oxygens (including phenoxy) is 1. The first-order valence-electron chi connectivity index (χ1n) is 9.47. The summed E-state index contributed by atoms with van der Waals surface area (Å²) in [5.74, 6) is 0.742. The van der Waals surface area contributed by atoms with Gasteiger partial charge in [0.25, 0.3) is 0 Å². The number of methoxy groups -OCH3 is 1. The lowest BCUT2D eigenvalue weighted by Gasteiger charge is -2.18. The highest BCUT2D eigenvalue weighted by Gasteiger charge is 2.22. The van der Waals surface area contributed by atoms with Crippen LogP contribution in [0.3, 0.4) is 0 Å². The van der Waals surface area contributed by atoms with Gasteiger partial charge in [0.15, 0.2) is 0 Å². The fourth-order valence-electron chi connectivity index (χ4n) is 3.34. The number of nitrogens with zero attached hydrogens (tertiary/aromatic N) is 2. The molecule has 0 spiro atoms. The number of amides is 1. The average molecular weight is 365 g/mol. The highest BCUT2D eigenvalue weighted by atomic mass is 16.5. The smallest absolute Gasteiger partial charge is 0.221 e. The molecule has 1 atom stereocenters. The Morgan fingerprint density at radius 2 is 2.15 bits per heavy atom. The Morgan fingerprint density at radius 3 is 2.93 bits per heavy atom. The van der Waals surface area contributed by atoms with E-state index in [0.29, 0.717) is 13.0 Å². The SMILES string of the molecule is CCCCNC(=O)C[C@H](c1cccc(OC)c1)c1cnc2c(C)cccn12. The van der Waals surface area contributed by atoms with Crippen LogP contribution in [-0.4, -0.2) is 28.9 Å². The van der Waals surface area contributed by atoms with Gasteiger partial charge in [0, 0.05) is 31.3 Å². The van der Waals surface area contributed by atoms with E-state index >= 15 is 0 Å². The lowest BCUT2D eigenvalue weighted by Crippen LogP contribution is -2.26. The lowest BCUT2D eigenvalue weighted by atomic mass is 9.92. The van der Waals surface area contributed by atoms with Crippen molar-refractivity contribution in [2.75, 3.05) is 13.7 Å². The van der Waals surface area contributed by atoms with E-state index in [4.69, 9.17) is 4.74 Å². The maximum absolute atomic E-state index is 12.6. The van der Waals surface area contributed by atoms with E-state index in [-0.39, 0.29) is 11.8 Å². The summed E-state index contributed by atoms with van der Waals surface area (Å²) in [7, 11) is 1.66. The molecule has 2 aromatic heterocycles. The van der Waals surface area contributed by atoms with Crippen LogP contribution < -0.4 is 10.1 Å². The summed E-state index contributed by atoms with van der Waals surface area (Å²) >= 11 is 0. The molecule has 0 radical (unpaired) electrons.